The van der Waals surface area contributed by atoms with Gasteiger partial charge in [-0.2, -0.15) is 0 Å². The molecule has 0 amide bonds. The molecule has 0 atom stereocenters. The number of hydrogen-bond donors (Lipinski definition) is 0. The molecule has 3 heteroatoms. The molecular weight excluding hydrogens is 340 g/mol. The summed E-state index contributed by atoms with van der Waals surface area (Å²) in [6, 6.07) is 27.6. The highest BCUT2D eigenvalue weighted by Crippen LogP contribution is 2.24. The van der Waals surface area contributed by atoms with Crippen molar-refractivity contribution in [3.05, 3.63) is 108 Å². The van der Waals surface area contributed by atoms with Crippen LogP contribution < -0.4 is 4.74 Å². The molecule has 0 unspecified atom stereocenters. The summed E-state index contributed by atoms with van der Waals surface area (Å²) in [4.78, 5) is 13.4. The number of para-hydroxylation sites is 1. The van der Waals surface area contributed by atoms with Gasteiger partial charge in [0.25, 0.3) is 0 Å². The van der Waals surface area contributed by atoms with Gasteiger partial charge >= 0.3 is 5.97 Å². The zero-order chi connectivity index (χ0) is 18.2. The number of esters is 1. The van der Waals surface area contributed by atoms with Crippen LogP contribution in [0, 0.1) is 0 Å². The first-order valence-corrected chi connectivity index (χ1v) is 9.40. The van der Waals surface area contributed by atoms with Crippen LogP contribution in [0.25, 0.3) is 0 Å². The summed E-state index contributed by atoms with van der Waals surface area (Å²) in [5.74, 6) is 1.06. The summed E-state index contributed by atoms with van der Waals surface area (Å²) in [7, 11) is 0. The van der Waals surface area contributed by atoms with Gasteiger partial charge in [0.2, 0.25) is 0 Å². The lowest BCUT2D eigenvalue weighted by Gasteiger charge is -2.08. The predicted octanol–water partition coefficient (Wildman–Crippen LogP) is 5.68. The van der Waals surface area contributed by atoms with E-state index in [2.05, 4.69) is 43.0 Å². The van der Waals surface area contributed by atoms with E-state index in [0.717, 1.165) is 11.3 Å². The normalized spacial score (nSPS) is 10.3. The summed E-state index contributed by atoms with van der Waals surface area (Å²) in [5.41, 5.74) is 2.79. The van der Waals surface area contributed by atoms with Gasteiger partial charge in [0.15, 0.2) is 0 Å². The molecule has 0 bridgehead atoms. The Morgan fingerprint density at radius 1 is 0.846 bits per heavy atom. The molecule has 0 aliphatic carbocycles. The SMILES string of the molecule is C=C(Cc1cccc(SCc2ccccc2)c1)C(=O)Oc1ccccc1. The molecular formula is C23H20O2S. The van der Waals surface area contributed by atoms with E-state index in [0.29, 0.717) is 17.7 Å². The maximum atomic E-state index is 12.2. The third-order valence-electron chi connectivity index (χ3n) is 3.81. The Morgan fingerprint density at radius 3 is 2.23 bits per heavy atom. The third kappa shape index (κ3) is 5.36. The summed E-state index contributed by atoms with van der Waals surface area (Å²) in [5, 5.41) is 0. The molecule has 0 fully saturated rings. The van der Waals surface area contributed by atoms with Crippen molar-refractivity contribution in [1.82, 2.24) is 0 Å². The summed E-state index contributed by atoms with van der Waals surface area (Å²) in [6.07, 6.45) is 0.478. The second-order valence-corrected chi connectivity index (χ2v) is 6.95. The number of carbonyl (C=O) groups excluding carboxylic acids is 1. The van der Waals surface area contributed by atoms with Crippen LogP contribution in [0.5, 0.6) is 5.75 Å². The minimum Gasteiger partial charge on any atom is -0.423 e. The number of benzene rings is 3. The average Bonchev–Trinajstić information content (AvgIpc) is 2.68. The first-order chi connectivity index (χ1) is 12.7. The molecule has 2 nitrogen and oxygen atoms in total. The van der Waals surface area contributed by atoms with Crippen LogP contribution in [0.2, 0.25) is 0 Å². The number of hydrogen-bond acceptors (Lipinski definition) is 3. The van der Waals surface area contributed by atoms with Crippen LogP contribution >= 0.6 is 11.8 Å². The zero-order valence-corrected chi connectivity index (χ0v) is 15.2. The third-order valence-corrected chi connectivity index (χ3v) is 4.87. The molecule has 0 aromatic heterocycles. The molecule has 0 saturated heterocycles. The minimum absolute atomic E-state index is 0.390. The number of rotatable bonds is 7. The second kappa shape index (κ2) is 9.07. The van der Waals surface area contributed by atoms with Gasteiger partial charge < -0.3 is 4.74 Å². The molecule has 3 rings (SSSR count). The van der Waals surface area contributed by atoms with Crippen LogP contribution in [0.3, 0.4) is 0 Å². The molecule has 3 aromatic carbocycles. The molecule has 0 saturated carbocycles. The molecule has 0 aliphatic rings. The van der Waals surface area contributed by atoms with Gasteiger partial charge in [0.05, 0.1) is 0 Å². The highest BCUT2D eigenvalue weighted by molar-refractivity contribution is 7.98. The number of carbonyl (C=O) groups is 1. The Labute approximate surface area is 158 Å². The fourth-order valence-corrected chi connectivity index (χ4v) is 3.41. The van der Waals surface area contributed by atoms with E-state index in [9.17, 15) is 4.79 Å². The van der Waals surface area contributed by atoms with E-state index >= 15 is 0 Å². The molecule has 0 heterocycles. The van der Waals surface area contributed by atoms with Crippen molar-refractivity contribution in [2.45, 2.75) is 17.1 Å². The quantitative estimate of drug-likeness (QED) is 0.235. The molecule has 0 aliphatic heterocycles. The van der Waals surface area contributed by atoms with Gasteiger partial charge in [-0.25, -0.2) is 4.79 Å². The summed E-state index contributed by atoms with van der Waals surface area (Å²) < 4.78 is 5.34. The topological polar surface area (TPSA) is 26.3 Å². The van der Waals surface area contributed by atoms with Gasteiger partial charge in [-0.05, 0) is 35.4 Å². The van der Waals surface area contributed by atoms with Gasteiger partial charge in [0.1, 0.15) is 5.75 Å². The van der Waals surface area contributed by atoms with Crippen molar-refractivity contribution in [1.29, 1.82) is 0 Å². The van der Waals surface area contributed by atoms with Crippen molar-refractivity contribution in [3.63, 3.8) is 0 Å². The Balaban J connectivity index is 1.57. The van der Waals surface area contributed by atoms with Gasteiger partial charge in [-0.15, -0.1) is 11.8 Å². The number of thioether (sulfide) groups is 1. The largest absolute Gasteiger partial charge is 0.423 e. The predicted molar refractivity (Wildman–Crippen MR) is 107 cm³/mol. The standard InChI is InChI=1S/C23H20O2S/c1-18(23(24)25-21-12-6-3-7-13-21)15-20-11-8-14-22(16-20)26-17-19-9-4-2-5-10-19/h2-14,16H,1,15,17H2. The first-order valence-electron chi connectivity index (χ1n) is 8.41. The molecule has 0 spiro atoms. The van der Waals surface area contributed by atoms with E-state index in [4.69, 9.17) is 4.74 Å². The molecule has 0 radical (unpaired) electrons. The van der Waals surface area contributed by atoms with Crippen molar-refractivity contribution >= 4 is 17.7 Å². The monoisotopic (exact) mass is 360 g/mol. The number of ether oxygens (including phenoxy) is 1. The lowest BCUT2D eigenvalue weighted by atomic mass is 10.1. The highest BCUT2D eigenvalue weighted by Gasteiger charge is 2.11. The Bertz CT molecular complexity index is 873. The Kier molecular flexibility index (Phi) is 6.29. The summed E-state index contributed by atoms with van der Waals surface area (Å²) >= 11 is 1.78. The van der Waals surface area contributed by atoms with Crippen LogP contribution in [0.1, 0.15) is 11.1 Å². The maximum Gasteiger partial charge on any atom is 0.339 e. The average molecular weight is 360 g/mol. The fraction of sp³-hybridized carbons (Fsp3) is 0.0870. The van der Waals surface area contributed by atoms with Crippen molar-refractivity contribution < 1.29 is 9.53 Å². The zero-order valence-electron chi connectivity index (χ0n) is 14.4. The highest BCUT2D eigenvalue weighted by atomic mass is 32.2. The minimum atomic E-state index is -0.390. The van der Waals surface area contributed by atoms with E-state index in [1.165, 1.54) is 10.5 Å². The van der Waals surface area contributed by atoms with Gasteiger partial charge in [-0.3, -0.25) is 0 Å². The van der Waals surface area contributed by atoms with E-state index in [1.54, 1.807) is 23.9 Å². The van der Waals surface area contributed by atoms with Crippen molar-refractivity contribution in [2.24, 2.45) is 0 Å². The van der Waals surface area contributed by atoms with Crippen molar-refractivity contribution in [3.8, 4) is 5.75 Å². The first kappa shape index (κ1) is 18.0. The van der Waals surface area contributed by atoms with Crippen LogP contribution in [-0.4, -0.2) is 5.97 Å². The smallest absolute Gasteiger partial charge is 0.339 e. The van der Waals surface area contributed by atoms with Crippen molar-refractivity contribution in [2.75, 3.05) is 0 Å². The lowest BCUT2D eigenvalue weighted by Crippen LogP contribution is -2.12. The van der Waals surface area contributed by atoms with E-state index in [1.807, 2.05) is 36.4 Å². The van der Waals surface area contributed by atoms with Crippen LogP contribution in [0.15, 0.2) is 102 Å². The molecule has 26 heavy (non-hydrogen) atoms. The lowest BCUT2D eigenvalue weighted by molar-refractivity contribution is -0.130. The van der Waals surface area contributed by atoms with E-state index < -0.39 is 5.97 Å². The van der Waals surface area contributed by atoms with Crippen LogP contribution in [0.4, 0.5) is 0 Å². The fourth-order valence-electron chi connectivity index (χ4n) is 2.47. The maximum absolute atomic E-state index is 12.2. The summed E-state index contributed by atoms with van der Waals surface area (Å²) in [6.45, 7) is 3.89. The molecule has 3 aromatic rings. The molecule has 0 N–H and O–H groups in total. The van der Waals surface area contributed by atoms with E-state index in [-0.39, 0.29) is 0 Å². The second-order valence-electron chi connectivity index (χ2n) is 5.90. The van der Waals surface area contributed by atoms with Crippen LogP contribution in [-0.2, 0) is 17.0 Å². The Hall–Kier alpha value is -2.78. The van der Waals surface area contributed by atoms with Gasteiger partial charge in [0, 0.05) is 22.6 Å². The van der Waals surface area contributed by atoms with Gasteiger partial charge in [-0.1, -0.05) is 67.2 Å². The molecule has 130 valence electrons. The Morgan fingerprint density at radius 2 is 1.50 bits per heavy atom.